The fourth-order valence-corrected chi connectivity index (χ4v) is 4.80. The third-order valence-corrected chi connectivity index (χ3v) is 6.65. The predicted molar refractivity (Wildman–Crippen MR) is 124 cm³/mol. The van der Waals surface area contributed by atoms with Crippen molar-refractivity contribution in [3.8, 4) is 16.9 Å². The first-order valence-corrected chi connectivity index (χ1v) is 11.1. The Balaban J connectivity index is 1.72. The topological polar surface area (TPSA) is 89.5 Å². The lowest BCUT2D eigenvalue weighted by Crippen LogP contribution is -2.32. The normalized spacial score (nSPS) is 18.3. The van der Waals surface area contributed by atoms with E-state index in [1.54, 1.807) is 28.9 Å². The van der Waals surface area contributed by atoms with Gasteiger partial charge in [0.1, 0.15) is 24.0 Å². The van der Waals surface area contributed by atoms with Crippen LogP contribution < -0.4 is 15.4 Å². The molecule has 2 N–H and O–H groups in total. The molecule has 1 aromatic carbocycles. The second kappa shape index (κ2) is 8.06. The summed E-state index contributed by atoms with van der Waals surface area (Å²) in [7, 11) is 3.54. The first kappa shape index (κ1) is 21.2. The molecule has 0 aliphatic carbocycles. The molecule has 1 fully saturated rings. The van der Waals surface area contributed by atoms with Crippen molar-refractivity contribution in [2.24, 2.45) is 7.05 Å². The van der Waals surface area contributed by atoms with Gasteiger partial charge >= 0.3 is 0 Å². The van der Waals surface area contributed by atoms with Gasteiger partial charge in [0.2, 0.25) is 0 Å². The van der Waals surface area contributed by atoms with E-state index in [4.69, 9.17) is 10.5 Å². The minimum absolute atomic E-state index is 0.0909. The van der Waals surface area contributed by atoms with E-state index in [1.165, 1.54) is 12.1 Å². The zero-order chi connectivity index (χ0) is 23.3. The van der Waals surface area contributed by atoms with Gasteiger partial charge in [-0.25, -0.2) is 9.37 Å². The number of nitrogens with zero attached hydrogens (tertiary/aromatic N) is 5. The largest absolute Gasteiger partial charge is 0.491 e. The number of carbonyl (C=O) groups is 1. The fraction of sp³-hybridized carbons (Fsp3) is 0.375. The van der Waals surface area contributed by atoms with Crippen LogP contribution in [0.2, 0.25) is 0 Å². The van der Waals surface area contributed by atoms with E-state index in [1.807, 2.05) is 20.0 Å². The molecule has 9 heteroatoms. The molecule has 3 aromatic rings. The van der Waals surface area contributed by atoms with E-state index < -0.39 is 0 Å². The molecule has 2 bridgehead atoms. The van der Waals surface area contributed by atoms with Crippen molar-refractivity contribution in [2.75, 3.05) is 37.4 Å². The maximum Gasteiger partial charge on any atom is 0.274 e. The quantitative estimate of drug-likeness (QED) is 0.565. The van der Waals surface area contributed by atoms with E-state index in [2.05, 4.69) is 15.0 Å². The number of nitrogen functional groups attached to an aromatic ring is 1. The number of aryl methyl sites for hydroxylation is 1. The summed E-state index contributed by atoms with van der Waals surface area (Å²) in [6.45, 7) is 3.34. The lowest BCUT2D eigenvalue weighted by Gasteiger charge is -2.30. The molecule has 0 unspecified atom stereocenters. The van der Waals surface area contributed by atoms with Crippen LogP contribution in [0, 0.1) is 12.7 Å². The molecule has 1 saturated heterocycles. The van der Waals surface area contributed by atoms with Crippen LogP contribution in [0.5, 0.6) is 5.75 Å². The van der Waals surface area contributed by atoms with Gasteiger partial charge in [-0.15, -0.1) is 0 Å². The Hall–Kier alpha value is -3.62. The summed E-state index contributed by atoms with van der Waals surface area (Å²) < 4.78 is 22.0. The lowest BCUT2D eigenvalue weighted by atomic mass is 10.0. The number of hydrogen-bond acceptors (Lipinski definition) is 6. The van der Waals surface area contributed by atoms with Crippen molar-refractivity contribution >= 4 is 17.4 Å². The summed E-state index contributed by atoms with van der Waals surface area (Å²) in [4.78, 5) is 21.5. The average molecular weight is 451 g/mol. The number of amides is 1. The average Bonchev–Trinajstić information content (AvgIpc) is 3.39. The van der Waals surface area contributed by atoms with E-state index in [-0.39, 0.29) is 24.4 Å². The number of ether oxygens (including phenoxy) is 1. The Morgan fingerprint density at radius 3 is 2.85 bits per heavy atom. The zero-order valence-electron chi connectivity index (χ0n) is 19.0. The van der Waals surface area contributed by atoms with Crippen LogP contribution in [0.4, 0.5) is 15.9 Å². The predicted octanol–water partition coefficient (Wildman–Crippen LogP) is 3.32. The molecule has 2 aromatic heterocycles. The number of pyridine rings is 1. The first-order valence-electron chi connectivity index (χ1n) is 11.1. The molecule has 1 atom stereocenters. The van der Waals surface area contributed by atoms with Crippen LogP contribution >= 0.6 is 0 Å². The number of fused-ring (bicyclic) bond motifs is 8. The summed E-state index contributed by atoms with van der Waals surface area (Å²) in [6.07, 6.45) is 3.47. The Morgan fingerprint density at radius 2 is 2.03 bits per heavy atom. The van der Waals surface area contributed by atoms with Crippen molar-refractivity contribution in [2.45, 2.75) is 25.8 Å². The monoisotopic (exact) mass is 450 g/mol. The van der Waals surface area contributed by atoms with Crippen LogP contribution in [0.3, 0.4) is 0 Å². The van der Waals surface area contributed by atoms with Crippen LogP contribution in [0.25, 0.3) is 11.1 Å². The second-order valence-corrected chi connectivity index (χ2v) is 8.67. The van der Waals surface area contributed by atoms with Crippen LogP contribution in [-0.4, -0.2) is 52.3 Å². The van der Waals surface area contributed by atoms with Gasteiger partial charge in [0.15, 0.2) is 5.69 Å². The molecule has 5 rings (SSSR count). The molecule has 33 heavy (non-hydrogen) atoms. The zero-order valence-corrected chi connectivity index (χ0v) is 19.0. The standard InChI is InChI=1S/C24H27FN6O2/c1-14-21-15-11-19(23(26)27-13-15)31-8-4-5-18(31)17-12-16(25)6-7-20(17)33-10-9-29(2)24(32)22(21)28-30(14)3/h6-7,11-13,18H,4-5,8-10H2,1-3H3,(H2,26,27)/t18-/m1/s1. The lowest BCUT2D eigenvalue weighted by molar-refractivity contribution is 0.0767. The third-order valence-electron chi connectivity index (χ3n) is 6.65. The van der Waals surface area contributed by atoms with Gasteiger partial charge in [-0.1, -0.05) is 0 Å². The number of nitrogens with two attached hydrogens (primary N) is 1. The number of carbonyl (C=O) groups excluding carboxylic acids is 1. The van der Waals surface area contributed by atoms with Crippen LogP contribution in [0.15, 0.2) is 30.5 Å². The third kappa shape index (κ3) is 3.57. The van der Waals surface area contributed by atoms with Crippen molar-refractivity contribution < 1.29 is 13.9 Å². The molecule has 1 amide bonds. The highest BCUT2D eigenvalue weighted by Gasteiger charge is 2.32. The van der Waals surface area contributed by atoms with Gasteiger partial charge in [0.05, 0.1) is 18.3 Å². The molecule has 2 aliphatic rings. The maximum atomic E-state index is 14.3. The number of likely N-dealkylation sites (N-methyl/N-ethyl adjacent to an activating group) is 1. The highest BCUT2D eigenvalue weighted by molar-refractivity contribution is 6.00. The Bertz CT molecular complexity index is 1240. The Kier molecular flexibility index (Phi) is 5.19. The summed E-state index contributed by atoms with van der Waals surface area (Å²) in [6, 6.07) is 6.47. The number of hydrogen-bond donors (Lipinski definition) is 1. The summed E-state index contributed by atoms with van der Waals surface area (Å²) in [5.41, 5.74) is 10.6. The van der Waals surface area contributed by atoms with Gasteiger partial charge in [-0.2, -0.15) is 5.10 Å². The van der Waals surface area contributed by atoms with E-state index in [0.29, 0.717) is 23.8 Å². The van der Waals surface area contributed by atoms with E-state index in [9.17, 15) is 9.18 Å². The van der Waals surface area contributed by atoms with E-state index >= 15 is 0 Å². The summed E-state index contributed by atoms with van der Waals surface area (Å²) >= 11 is 0. The maximum absolute atomic E-state index is 14.3. The molecule has 172 valence electrons. The Morgan fingerprint density at radius 1 is 1.21 bits per heavy atom. The molecule has 2 aliphatic heterocycles. The van der Waals surface area contributed by atoms with Crippen LogP contribution in [0.1, 0.15) is 40.6 Å². The second-order valence-electron chi connectivity index (χ2n) is 8.67. The number of aromatic nitrogens is 3. The highest BCUT2D eigenvalue weighted by Crippen LogP contribution is 2.43. The molecule has 0 radical (unpaired) electrons. The highest BCUT2D eigenvalue weighted by atomic mass is 19.1. The molecular formula is C24H27FN6O2. The minimum Gasteiger partial charge on any atom is -0.491 e. The molecule has 0 saturated carbocycles. The molecule has 8 nitrogen and oxygen atoms in total. The minimum atomic E-state index is -0.312. The summed E-state index contributed by atoms with van der Waals surface area (Å²) in [5, 5.41) is 4.51. The molecular weight excluding hydrogens is 423 g/mol. The SMILES string of the molecule is Cc1c2c(nn1C)C(=O)N(C)CCOc1ccc(F)cc1[C@H]1CCCN1c1cc-2cnc1N. The van der Waals surface area contributed by atoms with Gasteiger partial charge in [-0.3, -0.25) is 9.48 Å². The molecule has 0 spiro atoms. The first-order chi connectivity index (χ1) is 15.8. The smallest absolute Gasteiger partial charge is 0.274 e. The Labute approximate surface area is 191 Å². The number of benzene rings is 1. The number of anilines is 2. The van der Waals surface area contributed by atoms with Gasteiger partial charge in [0, 0.05) is 49.2 Å². The fourth-order valence-electron chi connectivity index (χ4n) is 4.80. The van der Waals surface area contributed by atoms with Crippen LogP contribution in [-0.2, 0) is 7.05 Å². The van der Waals surface area contributed by atoms with E-state index in [0.717, 1.165) is 47.5 Å². The van der Waals surface area contributed by atoms with Crippen molar-refractivity contribution in [1.29, 1.82) is 0 Å². The van der Waals surface area contributed by atoms with Crippen molar-refractivity contribution in [1.82, 2.24) is 19.7 Å². The summed E-state index contributed by atoms with van der Waals surface area (Å²) in [5.74, 6) is 0.491. The van der Waals surface area contributed by atoms with Gasteiger partial charge in [-0.05, 0) is 44.0 Å². The van der Waals surface area contributed by atoms with Crippen molar-refractivity contribution in [3.63, 3.8) is 0 Å². The van der Waals surface area contributed by atoms with Gasteiger partial charge in [0.25, 0.3) is 5.91 Å². The number of halogens is 1. The molecule has 4 heterocycles. The van der Waals surface area contributed by atoms with Gasteiger partial charge < -0.3 is 20.3 Å². The van der Waals surface area contributed by atoms with Crippen molar-refractivity contribution in [3.05, 3.63) is 53.2 Å². The number of rotatable bonds is 0.